The summed E-state index contributed by atoms with van der Waals surface area (Å²) in [5.74, 6) is -1.00. The highest BCUT2D eigenvalue weighted by Crippen LogP contribution is 2.29. The number of nitrogens with zero attached hydrogens (tertiary/aromatic N) is 1. The first-order valence-electron chi connectivity index (χ1n) is 10.7. The maximum atomic E-state index is 13.5. The third-order valence-electron chi connectivity index (χ3n) is 5.08. The standard InChI is InChI=1S/C25H26ClN3O5S/c1-18-16-19(26)12-13-23(18)29(35(32,33)20-8-4-3-5-9-20)17-24(30)28-22-11-7-6-10-21(22)25(31)27-14-15-34-2/h3-13,16H,14-15,17H2,1-2H3,(H,27,31)(H,28,30). The van der Waals surface area contributed by atoms with E-state index in [1.54, 1.807) is 67.6 Å². The van der Waals surface area contributed by atoms with Crippen molar-refractivity contribution < 1.29 is 22.7 Å². The van der Waals surface area contributed by atoms with Crippen molar-refractivity contribution in [3.8, 4) is 0 Å². The van der Waals surface area contributed by atoms with Crippen LogP contribution in [0.25, 0.3) is 0 Å². The van der Waals surface area contributed by atoms with Crippen LogP contribution in [-0.4, -0.2) is 47.0 Å². The second-order valence-electron chi connectivity index (χ2n) is 7.60. The topological polar surface area (TPSA) is 105 Å². The average molecular weight is 516 g/mol. The van der Waals surface area contributed by atoms with Crippen LogP contribution in [0.3, 0.4) is 0 Å². The monoisotopic (exact) mass is 515 g/mol. The van der Waals surface area contributed by atoms with Gasteiger partial charge in [-0.15, -0.1) is 0 Å². The lowest BCUT2D eigenvalue weighted by Gasteiger charge is -2.26. The first-order valence-corrected chi connectivity index (χ1v) is 12.6. The molecule has 0 aliphatic rings. The van der Waals surface area contributed by atoms with Crippen LogP contribution >= 0.6 is 11.6 Å². The summed E-state index contributed by atoms with van der Waals surface area (Å²) in [5, 5.41) is 5.82. The van der Waals surface area contributed by atoms with Gasteiger partial charge in [-0.05, 0) is 55.0 Å². The van der Waals surface area contributed by atoms with Crippen molar-refractivity contribution in [2.45, 2.75) is 11.8 Å². The fraction of sp³-hybridized carbons (Fsp3) is 0.200. The smallest absolute Gasteiger partial charge is 0.264 e. The molecular formula is C25H26ClN3O5S. The van der Waals surface area contributed by atoms with E-state index in [9.17, 15) is 18.0 Å². The summed E-state index contributed by atoms with van der Waals surface area (Å²) in [5.41, 5.74) is 1.41. The van der Waals surface area contributed by atoms with Crippen molar-refractivity contribution >= 4 is 44.8 Å². The van der Waals surface area contributed by atoms with E-state index in [0.717, 1.165) is 4.31 Å². The number of ether oxygens (including phenoxy) is 1. The lowest BCUT2D eigenvalue weighted by Crippen LogP contribution is -2.39. The Balaban J connectivity index is 1.91. The Morgan fingerprint density at radius 2 is 1.69 bits per heavy atom. The van der Waals surface area contributed by atoms with Gasteiger partial charge in [-0.1, -0.05) is 41.9 Å². The molecule has 3 rings (SSSR count). The number of hydrogen-bond acceptors (Lipinski definition) is 5. The van der Waals surface area contributed by atoms with E-state index in [-0.39, 0.29) is 22.1 Å². The normalized spacial score (nSPS) is 11.1. The number of carbonyl (C=O) groups is 2. The first kappa shape index (κ1) is 26.2. The van der Waals surface area contributed by atoms with Gasteiger partial charge in [-0.25, -0.2) is 8.42 Å². The van der Waals surface area contributed by atoms with Gasteiger partial charge in [0.15, 0.2) is 0 Å². The summed E-state index contributed by atoms with van der Waals surface area (Å²) in [6.45, 7) is 1.84. The number of halogens is 1. The minimum atomic E-state index is -4.08. The van der Waals surface area contributed by atoms with Crippen LogP contribution < -0.4 is 14.9 Å². The number of amides is 2. The molecule has 0 spiro atoms. The van der Waals surface area contributed by atoms with E-state index in [1.165, 1.54) is 19.2 Å². The maximum absolute atomic E-state index is 13.5. The van der Waals surface area contributed by atoms with Gasteiger partial charge in [0, 0.05) is 18.7 Å². The molecule has 0 heterocycles. The van der Waals surface area contributed by atoms with Gasteiger partial charge in [0.05, 0.1) is 28.4 Å². The average Bonchev–Trinajstić information content (AvgIpc) is 2.84. The number of anilines is 2. The summed E-state index contributed by atoms with van der Waals surface area (Å²) in [7, 11) is -2.56. The Labute approximate surface area is 209 Å². The van der Waals surface area contributed by atoms with E-state index in [4.69, 9.17) is 16.3 Å². The molecule has 0 aromatic heterocycles. The molecule has 2 amide bonds. The number of carbonyl (C=O) groups excluding carboxylic acids is 2. The number of aryl methyl sites for hydroxylation is 1. The van der Waals surface area contributed by atoms with Gasteiger partial charge < -0.3 is 15.4 Å². The van der Waals surface area contributed by atoms with Crippen LogP contribution in [0, 0.1) is 6.92 Å². The van der Waals surface area contributed by atoms with Crippen LogP contribution in [0.4, 0.5) is 11.4 Å². The van der Waals surface area contributed by atoms with Gasteiger partial charge >= 0.3 is 0 Å². The number of rotatable bonds is 10. The second kappa shape index (κ2) is 11.8. The highest BCUT2D eigenvalue weighted by atomic mass is 35.5. The molecule has 0 saturated carbocycles. The molecule has 0 aliphatic heterocycles. The Hall–Kier alpha value is -3.40. The van der Waals surface area contributed by atoms with Gasteiger partial charge in [0.25, 0.3) is 15.9 Å². The van der Waals surface area contributed by atoms with E-state index >= 15 is 0 Å². The molecule has 2 N–H and O–H groups in total. The van der Waals surface area contributed by atoms with Crippen molar-refractivity contribution in [2.75, 3.05) is 36.4 Å². The van der Waals surface area contributed by atoms with Crippen LogP contribution in [0.1, 0.15) is 15.9 Å². The van der Waals surface area contributed by atoms with E-state index in [2.05, 4.69) is 10.6 Å². The molecule has 8 nitrogen and oxygen atoms in total. The Morgan fingerprint density at radius 1 is 1.00 bits per heavy atom. The number of methoxy groups -OCH3 is 1. The summed E-state index contributed by atoms with van der Waals surface area (Å²) in [4.78, 5) is 25.7. The predicted octanol–water partition coefficient (Wildman–Crippen LogP) is 3.86. The fourth-order valence-corrected chi connectivity index (χ4v) is 5.12. The van der Waals surface area contributed by atoms with Crippen molar-refractivity contribution in [1.29, 1.82) is 0 Å². The van der Waals surface area contributed by atoms with E-state index in [0.29, 0.717) is 29.4 Å². The van der Waals surface area contributed by atoms with Crippen molar-refractivity contribution in [3.05, 3.63) is 88.9 Å². The number of benzene rings is 3. The molecule has 0 aliphatic carbocycles. The van der Waals surface area contributed by atoms with Gasteiger partial charge in [0.2, 0.25) is 5.91 Å². The van der Waals surface area contributed by atoms with Crippen LogP contribution in [0.5, 0.6) is 0 Å². The van der Waals surface area contributed by atoms with Gasteiger partial charge in [-0.3, -0.25) is 13.9 Å². The predicted molar refractivity (Wildman–Crippen MR) is 136 cm³/mol. The SMILES string of the molecule is COCCNC(=O)c1ccccc1NC(=O)CN(c1ccc(Cl)cc1C)S(=O)(=O)c1ccccc1. The molecule has 0 unspecified atom stereocenters. The zero-order valence-electron chi connectivity index (χ0n) is 19.3. The zero-order chi connectivity index (χ0) is 25.4. The Morgan fingerprint density at radius 3 is 2.37 bits per heavy atom. The van der Waals surface area contributed by atoms with Crippen LogP contribution in [0.2, 0.25) is 5.02 Å². The molecule has 10 heteroatoms. The minimum absolute atomic E-state index is 0.0417. The second-order valence-corrected chi connectivity index (χ2v) is 9.90. The number of sulfonamides is 1. The number of nitrogens with one attached hydrogen (secondary N) is 2. The summed E-state index contributed by atoms with van der Waals surface area (Å²) in [6, 6.07) is 19.1. The Bertz CT molecular complexity index is 1300. The molecule has 0 atom stereocenters. The summed E-state index contributed by atoms with van der Waals surface area (Å²) in [6.07, 6.45) is 0. The van der Waals surface area contributed by atoms with Crippen molar-refractivity contribution in [3.63, 3.8) is 0 Å². The molecule has 0 fully saturated rings. The fourth-order valence-electron chi connectivity index (χ4n) is 3.39. The lowest BCUT2D eigenvalue weighted by molar-refractivity contribution is -0.114. The Kier molecular flexibility index (Phi) is 8.86. The number of hydrogen-bond donors (Lipinski definition) is 2. The summed E-state index contributed by atoms with van der Waals surface area (Å²) < 4.78 is 33.0. The molecule has 184 valence electrons. The molecule has 0 radical (unpaired) electrons. The zero-order valence-corrected chi connectivity index (χ0v) is 20.9. The molecule has 0 bridgehead atoms. The van der Waals surface area contributed by atoms with Gasteiger partial charge in [-0.2, -0.15) is 0 Å². The quantitative estimate of drug-likeness (QED) is 0.399. The molecular weight excluding hydrogens is 490 g/mol. The number of para-hydroxylation sites is 1. The van der Waals surface area contributed by atoms with Crippen molar-refractivity contribution in [2.24, 2.45) is 0 Å². The van der Waals surface area contributed by atoms with E-state index in [1.807, 2.05) is 0 Å². The molecule has 3 aromatic rings. The molecule has 0 saturated heterocycles. The third kappa shape index (κ3) is 6.60. The first-order chi connectivity index (χ1) is 16.7. The van der Waals surface area contributed by atoms with Gasteiger partial charge in [0.1, 0.15) is 6.54 Å². The highest BCUT2D eigenvalue weighted by Gasteiger charge is 2.28. The van der Waals surface area contributed by atoms with Crippen LogP contribution in [-0.2, 0) is 19.6 Å². The summed E-state index contributed by atoms with van der Waals surface area (Å²) >= 11 is 6.07. The molecule has 3 aromatic carbocycles. The highest BCUT2D eigenvalue weighted by molar-refractivity contribution is 7.92. The molecule has 35 heavy (non-hydrogen) atoms. The van der Waals surface area contributed by atoms with Crippen molar-refractivity contribution in [1.82, 2.24) is 5.32 Å². The largest absolute Gasteiger partial charge is 0.383 e. The third-order valence-corrected chi connectivity index (χ3v) is 7.09. The van der Waals surface area contributed by atoms with E-state index < -0.39 is 22.5 Å². The maximum Gasteiger partial charge on any atom is 0.264 e. The van der Waals surface area contributed by atoms with Crippen LogP contribution in [0.15, 0.2) is 77.7 Å². The minimum Gasteiger partial charge on any atom is -0.383 e. The lowest BCUT2D eigenvalue weighted by atomic mass is 10.1.